The summed E-state index contributed by atoms with van der Waals surface area (Å²) < 4.78 is 6.92. The van der Waals surface area contributed by atoms with Crippen molar-refractivity contribution in [3.63, 3.8) is 0 Å². The summed E-state index contributed by atoms with van der Waals surface area (Å²) in [5.41, 5.74) is 1.04. The van der Waals surface area contributed by atoms with Crippen LogP contribution in [0.4, 0.5) is 5.69 Å². The third-order valence-corrected chi connectivity index (χ3v) is 4.35. The number of halogens is 1. The number of rotatable bonds is 4. The zero-order valence-electron chi connectivity index (χ0n) is 10.7. The van der Waals surface area contributed by atoms with Crippen molar-refractivity contribution in [1.29, 1.82) is 0 Å². The summed E-state index contributed by atoms with van der Waals surface area (Å²) in [7, 11) is 0. The standard InChI is InChI=1S/C14H12IN3OS/c1-9(16-11-6-4-10(15)5-7-11)13-17-18-14(19-13)12-3-2-8-20-12/h2-9,16H,1H3/t9-/m1/s1. The van der Waals surface area contributed by atoms with Gasteiger partial charge in [0.05, 0.1) is 4.88 Å². The smallest absolute Gasteiger partial charge is 0.257 e. The van der Waals surface area contributed by atoms with E-state index in [0.717, 1.165) is 10.6 Å². The molecule has 2 heterocycles. The molecular formula is C14H12IN3OS. The Balaban J connectivity index is 1.74. The number of nitrogens with one attached hydrogen (secondary N) is 1. The summed E-state index contributed by atoms with van der Waals surface area (Å²) in [6.07, 6.45) is 0. The van der Waals surface area contributed by atoms with Gasteiger partial charge in [0.25, 0.3) is 5.89 Å². The minimum Gasteiger partial charge on any atom is -0.418 e. The average Bonchev–Trinajstić information content (AvgIpc) is 3.11. The Kier molecular flexibility index (Phi) is 4.02. The molecule has 1 atom stereocenters. The van der Waals surface area contributed by atoms with E-state index >= 15 is 0 Å². The van der Waals surface area contributed by atoms with E-state index in [-0.39, 0.29) is 6.04 Å². The van der Waals surface area contributed by atoms with Crippen LogP contribution in [-0.2, 0) is 0 Å². The maximum atomic E-state index is 5.71. The van der Waals surface area contributed by atoms with Gasteiger partial charge in [-0.2, -0.15) is 0 Å². The van der Waals surface area contributed by atoms with Crippen molar-refractivity contribution in [2.75, 3.05) is 5.32 Å². The lowest BCUT2D eigenvalue weighted by Crippen LogP contribution is -2.06. The lowest BCUT2D eigenvalue weighted by Gasteiger charge is -2.11. The van der Waals surface area contributed by atoms with Crippen LogP contribution in [0.5, 0.6) is 0 Å². The van der Waals surface area contributed by atoms with Crippen LogP contribution in [0.2, 0.25) is 0 Å². The highest BCUT2D eigenvalue weighted by Gasteiger charge is 2.15. The van der Waals surface area contributed by atoms with E-state index in [4.69, 9.17) is 4.42 Å². The van der Waals surface area contributed by atoms with Crippen molar-refractivity contribution in [2.24, 2.45) is 0 Å². The van der Waals surface area contributed by atoms with E-state index in [9.17, 15) is 0 Å². The fourth-order valence-electron chi connectivity index (χ4n) is 1.77. The summed E-state index contributed by atoms with van der Waals surface area (Å²) in [6.45, 7) is 2.00. The Labute approximate surface area is 134 Å². The molecule has 0 aliphatic carbocycles. The van der Waals surface area contributed by atoms with E-state index in [0.29, 0.717) is 11.8 Å². The van der Waals surface area contributed by atoms with Crippen molar-refractivity contribution in [3.8, 4) is 10.8 Å². The predicted octanol–water partition coefficient (Wildman–Crippen LogP) is 4.58. The number of nitrogens with zero attached hydrogens (tertiary/aromatic N) is 2. The quantitative estimate of drug-likeness (QED) is 0.655. The van der Waals surface area contributed by atoms with E-state index in [1.165, 1.54) is 3.57 Å². The van der Waals surface area contributed by atoms with Crippen LogP contribution in [0.15, 0.2) is 46.2 Å². The molecule has 0 spiro atoms. The Hall–Kier alpha value is -1.41. The number of hydrogen-bond acceptors (Lipinski definition) is 5. The lowest BCUT2D eigenvalue weighted by atomic mass is 10.2. The topological polar surface area (TPSA) is 51.0 Å². The summed E-state index contributed by atoms with van der Waals surface area (Å²) in [5, 5.41) is 13.5. The predicted molar refractivity (Wildman–Crippen MR) is 88.8 cm³/mol. The lowest BCUT2D eigenvalue weighted by molar-refractivity contribution is 0.486. The normalized spacial score (nSPS) is 12.3. The van der Waals surface area contributed by atoms with Gasteiger partial charge >= 0.3 is 0 Å². The molecule has 6 heteroatoms. The second-order valence-electron chi connectivity index (χ2n) is 4.30. The van der Waals surface area contributed by atoms with Gasteiger partial charge in [-0.15, -0.1) is 21.5 Å². The molecule has 0 saturated heterocycles. The van der Waals surface area contributed by atoms with Crippen LogP contribution in [-0.4, -0.2) is 10.2 Å². The zero-order valence-corrected chi connectivity index (χ0v) is 13.7. The molecule has 102 valence electrons. The molecule has 0 bridgehead atoms. The second kappa shape index (κ2) is 5.92. The van der Waals surface area contributed by atoms with Crippen molar-refractivity contribution in [2.45, 2.75) is 13.0 Å². The van der Waals surface area contributed by atoms with Gasteiger partial charge in [-0.25, -0.2) is 0 Å². The molecule has 1 N–H and O–H groups in total. The van der Waals surface area contributed by atoms with Gasteiger partial charge in [0.2, 0.25) is 5.89 Å². The molecule has 20 heavy (non-hydrogen) atoms. The summed E-state index contributed by atoms with van der Waals surface area (Å²) in [4.78, 5) is 0.991. The Morgan fingerprint density at radius 1 is 1.20 bits per heavy atom. The largest absolute Gasteiger partial charge is 0.418 e. The third kappa shape index (κ3) is 3.01. The molecule has 0 fully saturated rings. The number of hydrogen-bond donors (Lipinski definition) is 1. The van der Waals surface area contributed by atoms with Crippen LogP contribution in [0.25, 0.3) is 10.8 Å². The van der Waals surface area contributed by atoms with Crippen LogP contribution < -0.4 is 5.32 Å². The fraction of sp³-hybridized carbons (Fsp3) is 0.143. The summed E-state index contributed by atoms with van der Waals surface area (Å²) in [6, 6.07) is 12.1. The van der Waals surface area contributed by atoms with Crippen LogP contribution in [0.1, 0.15) is 18.9 Å². The number of anilines is 1. The molecule has 3 rings (SSSR count). The molecule has 0 unspecified atom stereocenters. The highest BCUT2D eigenvalue weighted by atomic mass is 127. The average molecular weight is 397 g/mol. The maximum absolute atomic E-state index is 5.71. The monoisotopic (exact) mass is 397 g/mol. The number of aromatic nitrogens is 2. The summed E-state index contributed by atoms with van der Waals surface area (Å²) >= 11 is 3.87. The molecule has 0 aliphatic heterocycles. The minimum atomic E-state index is -0.0312. The van der Waals surface area contributed by atoms with E-state index in [2.05, 4.69) is 50.2 Å². The first-order valence-electron chi connectivity index (χ1n) is 6.12. The Morgan fingerprint density at radius 2 is 2.00 bits per heavy atom. The SMILES string of the molecule is C[C@@H](Nc1ccc(I)cc1)c1nnc(-c2cccs2)o1. The molecule has 4 nitrogen and oxygen atoms in total. The molecular weight excluding hydrogens is 385 g/mol. The second-order valence-corrected chi connectivity index (χ2v) is 6.49. The van der Waals surface area contributed by atoms with Crippen LogP contribution >= 0.6 is 33.9 Å². The van der Waals surface area contributed by atoms with Gasteiger partial charge in [-0.1, -0.05) is 6.07 Å². The molecule has 2 aromatic heterocycles. The first kappa shape index (κ1) is 13.6. The van der Waals surface area contributed by atoms with Crippen molar-refractivity contribution in [1.82, 2.24) is 10.2 Å². The minimum absolute atomic E-state index is 0.0312. The van der Waals surface area contributed by atoms with Gasteiger partial charge in [-0.05, 0) is 65.2 Å². The van der Waals surface area contributed by atoms with Crippen LogP contribution in [0.3, 0.4) is 0 Å². The van der Waals surface area contributed by atoms with E-state index in [1.54, 1.807) is 11.3 Å². The van der Waals surface area contributed by atoms with E-state index < -0.39 is 0 Å². The van der Waals surface area contributed by atoms with Crippen molar-refractivity contribution in [3.05, 3.63) is 51.2 Å². The van der Waals surface area contributed by atoms with E-state index in [1.807, 2.05) is 36.6 Å². The molecule has 0 saturated carbocycles. The third-order valence-electron chi connectivity index (χ3n) is 2.77. The first-order chi connectivity index (χ1) is 9.72. The molecule has 0 aliphatic rings. The first-order valence-corrected chi connectivity index (χ1v) is 8.07. The fourth-order valence-corrected chi connectivity index (χ4v) is 2.77. The molecule has 3 aromatic rings. The van der Waals surface area contributed by atoms with Crippen molar-refractivity contribution < 1.29 is 4.42 Å². The van der Waals surface area contributed by atoms with Crippen molar-refractivity contribution >= 4 is 39.6 Å². The highest BCUT2D eigenvalue weighted by molar-refractivity contribution is 14.1. The van der Waals surface area contributed by atoms with Gasteiger partial charge in [0, 0.05) is 9.26 Å². The highest BCUT2D eigenvalue weighted by Crippen LogP contribution is 2.26. The molecule has 0 radical (unpaired) electrons. The zero-order chi connectivity index (χ0) is 13.9. The summed E-state index contributed by atoms with van der Waals surface area (Å²) in [5.74, 6) is 1.17. The van der Waals surface area contributed by atoms with Gasteiger partial charge < -0.3 is 9.73 Å². The molecule has 0 amide bonds. The van der Waals surface area contributed by atoms with Gasteiger partial charge in [0.15, 0.2) is 0 Å². The Bertz CT molecular complexity index is 679. The Morgan fingerprint density at radius 3 is 2.70 bits per heavy atom. The number of thiophene rings is 1. The molecule has 1 aromatic carbocycles. The van der Waals surface area contributed by atoms with Gasteiger partial charge in [0.1, 0.15) is 6.04 Å². The maximum Gasteiger partial charge on any atom is 0.257 e. The number of benzene rings is 1. The van der Waals surface area contributed by atoms with Gasteiger partial charge in [-0.3, -0.25) is 0 Å². The van der Waals surface area contributed by atoms with Crippen LogP contribution in [0, 0.1) is 3.57 Å².